The van der Waals surface area contributed by atoms with Gasteiger partial charge >= 0.3 is 0 Å². The van der Waals surface area contributed by atoms with E-state index in [2.05, 4.69) is 10.6 Å². The fourth-order valence-corrected chi connectivity index (χ4v) is 3.13. The number of carbonyl (C=O) groups is 3. The lowest BCUT2D eigenvalue weighted by molar-refractivity contribution is -0.126. The van der Waals surface area contributed by atoms with E-state index in [-0.39, 0.29) is 30.1 Å². The van der Waals surface area contributed by atoms with Gasteiger partial charge in [0.25, 0.3) is 0 Å². The lowest BCUT2D eigenvalue weighted by Gasteiger charge is -2.18. The number of anilines is 2. The number of nitrogens with zero attached hydrogens (tertiary/aromatic N) is 1. The summed E-state index contributed by atoms with van der Waals surface area (Å²) in [7, 11) is 0. The van der Waals surface area contributed by atoms with Gasteiger partial charge in [-0.1, -0.05) is 35.9 Å². The van der Waals surface area contributed by atoms with Gasteiger partial charge in [-0.05, 0) is 30.7 Å². The predicted molar refractivity (Wildman–Crippen MR) is 104 cm³/mol. The molecule has 0 unspecified atom stereocenters. The molecule has 2 aromatic carbocycles. The van der Waals surface area contributed by atoms with E-state index in [0.29, 0.717) is 24.5 Å². The topological polar surface area (TPSA) is 78.5 Å². The van der Waals surface area contributed by atoms with Crippen LogP contribution in [0.2, 0.25) is 0 Å². The molecule has 3 amide bonds. The minimum absolute atomic E-state index is 0.0922. The molecule has 6 heteroatoms. The third-order valence-corrected chi connectivity index (χ3v) is 4.56. The first-order chi connectivity index (χ1) is 12.9. The van der Waals surface area contributed by atoms with Crippen LogP contribution in [0.3, 0.4) is 0 Å². The maximum absolute atomic E-state index is 12.5. The van der Waals surface area contributed by atoms with Gasteiger partial charge < -0.3 is 15.5 Å². The zero-order valence-corrected chi connectivity index (χ0v) is 15.5. The van der Waals surface area contributed by atoms with E-state index in [1.54, 1.807) is 29.2 Å². The summed E-state index contributed by atoms with van der Waals surface area (Å²) in [6.07, 6.45) is 0.185. The molecule has 140 valence electrons. The smallest absolute Gasteiger partial charge is 0.227 e. The maximum atomic E-state index is 12.5. The first-order valence-electron chi connectivity index (χ1n) is 8.93. The molecule has 1 heterocycles. The molecule has 0 radical (unpaired) electrons. The third kappa shape index (κ3) is 4.73. The molecule has 27 heavy (non-hydrogen) atoms. The Morgan fingerprint density at radius 3 is 2.59 bits per heavy atom. The highest BCUT2D eigenvalue weighted by Gasteiger charge is 2.35. The highest BCUT2D eigenvalue weighted by atomic mass is 16.2. The summed E-state index contributed by atoms with van der Waals surface area (Å²) in [5, 5.41) is 5.62. The summed E-state index contributed by atoms with van der Waals surface area (Å²) in [5.41, 5.74) is 3.50. The van der Waals surface area contributed by atoms with Gasteiger partial charge in [0.1, 0.15) is 0 Å². The van der Waals surface area contributed by atoms with E-state index in [1.807, 2.05) is 31.2 Å². The van der Waals surface area contributed by atoms with Crippen molar-refractivity contribution < 1.29 is 14.4 Å². The summed E-state index contributed by atoms with van der Waals surface area (Å²) < 4.78 is 0. The number of aryl methyl sites for hydroxylation is 1. The lowest BCUT2D eigenvalue weighted by atomic mass is 10.1. The molecule has 1 saturated heterocycles. The zero-order valence-electron chi connectivity index (χ0n) is 15.5. The molecular formula is C21H23N3O3. The Balaban J connectivity index is 1.62. The number of amides is 3. The molecule has 0 spiro atoms. The second-order valence-electron chi connectivity index (χ2n) is 6.84. The van der Waals surface area contributed by atoms with E-state index in [1.165, 1.54) is 12.5 Å². The number of rotatable bonds is 5. The van der Waals surface area contributed by atoms with Crippen LogP contribution in [0.15, 0.2) is 48.5 Å². The van der Waals surface area contributed by atoms with E-state index >= 15 is 0 Å². The molecule has 2 aromatic rings. The monoisotopic (exact) mass is 365 g/mol. The van der Waals surface area contributed by atoms with Gasteiger partial charge in [0.05, 0.1) is 5.92 Å². The van der Waals surface area contributed by atoms with Crippen molar-refractivity contribution >= 4 is 29.1 Å². The lowest BCUT2D eigenvalue weighted by Crippen LogP contribution is -2.32. The van der Waals surface area contributed by atoms with Gasteiger partial charge in [-0.2, -0.15) is 0 Å². The van der Waals surface area contributed by atoms with Gasteiger partial charge in [0.2, 0.25) is 17.7 Å². The fraction of sp³-hybridized carbons (Fsp3) is 0.286. The molecule has 0 bridgehead atoms. The first-order valence-corrected chi connectivity index (χ1v) is 8.93. The van der Waals surface area contributed by atoms with Gasteiger partial charge in [-0.15, -0.1) is 0 Å². The summed E-state index contributed by atoms with van der Waals surface area (Å²) in [5.74, 6) is -0.768. The van der Waals surface area contributed by atoms with Crippen LogP contribution in [0.5, 0.6) is 0 Å². The van der Waals surface area contributed by atoms with Crippen molar-refractivity contribution in [2.45, 2.75) is 26.8 Å². The Hall–Kier alpha value is -3.15. The minimum Gasteiger partial charge on any atom is -0.352 e. The number of benzene rings is 2. The van der Waals surface area contributed by atoms with E-state index < -0.39 is 0 Å². The molecule has 0 aliphatic carbocycles. The highest BCUT2D eigenvalue weighted by molar-refractivity contribution is 6.01. The highest BCUT2D eigenvalue weighted by Crippen LogP contribution is 2.27. The van der Waals surface area contributed by atoms with E-state index in [0.717, 1.165) is 5.56 Å². The molecule has 1 atom stereocenters. The van der Waals surface area contributed by atoms with Crippen molar-refractivity contribution in [2.24, 2.45) is 5.92 Å². The summed E-state index contributed by atoms with van der Waals surface area (Å²) in [6.45, 7) is 4.23. The molecule has 2 N–H and O–H groups in total. The Kier molecular flexibility index (Phi) is 5.54. The van der Waals surface area contributed by atoms with Crippen LogP contribution in [0.4, 0.5) is 11.4 Å². The van der Waals surface area contributed by atoms with Gasteiger partial charge in [0.15, 0.2) is 0 Å². The van der Waals surface area contributed by atoms with E-state index in [9.17, 15) is 14.4 Å². The third-order valence-electron chi connectivity index (χ3n) is 4.56. The molecule has 1 fully saturated rings. The van der Waals surface area contributed by atoms with Crippen molar-refractivity contribution in [3.63, 3.8) is 0 Å². The van der Waals surface area contributed by atoms with Crippen LogP contribution >= 0.6 is 0 Å². The SMILES string of the molecule is CC(=O)Nc1cccc(N2C[C@@H](C(=O)NCc3ccc(C)cc3)CC2=O)c1. The van der Waals surface area contributed by atoms with Crippen LogP contribution in [0.25, 0.3) is 0 Å². The largest absolute Gasteiger partial charge is 0.352 e. The maximum Gasteiger partial charge on any atom is 0.227 e. The predicted octanol–water partition coefficient (Wildman–Crippen LogP) is 2.62. The average Bonchev–Trinajstić information content (AvgIpc) is 3.02. The quantitative estimate of drug-likeness (QED) is 0.855. The summed E-state index contributed by atoms with van der Waals surface area (Å²) in [6, 6.07) is 15.1. The van der Waals surface area contributed by atoms with Crippen molar-refractivity contribution in [3.8, 4) is 0 Å². The number of hydrogen-bond acceptors (Lipinski definition) is 3. The number of hydrogen-bond donors (Lipinski definition) is 2. The van der Waals surface area contributed by atoms with Crippen LogP contribution in [-0.2, 0) is 20.9 Å². The Morgan fingerprint density at radius 1 is 1.15 bits per heavy atom. The first kappa shape index (κ1) is 18.6. The normalized spacial score (nSPS) is 16.3. The van der Waals surface area contributed by atoms with Crippen LogP contribution in [0.1, 0.15) is 24.5 Å². The molecule has 1 aliphatic rings. The fourth-order valence-electron chi connectivity index (χ4n) is 3.13. The Labute approximate surface area is 158 Å². The Morgan fingerprint density at radius 2 is 1.89 bits per heavy atom. The van der Waals surface area contributed by atoms with E-state index in [4.69, 9.17) is 0 Å². The standard InChI is InChI=1S/C21H23N3O3/c1-14-6-8-16(9-7-14)12-22-21(27)17-10-20(26)24(13-17)19-5-3-4-18(11-19)23-15(2)25/h3-9,11,17H,10,12-13H2,1-2H3,(H,22,27)(H,23,25)/t17-/m0/s1. The molecule has 0 saturated carbocycles. The van der Waals surface area contributed by atoms with Crippen LogP contribution < -0.4 is 15.5 Å². The van der Waals surface area contributed by atoms with Crippen molar-refractivity contribution in [1.82, 2.24) is 5.32 Å². The number of carbonyl (C=O) groups excluding carboxylic acids is 3. The summed E-state index contributed by atoms with van der Waals surface area (Å²) >= 11 is 0. The average molecular weight is 365 g/mol. The van der Waals surface area contributed by atoms with Crippen LogP contribution in [-0.4, -0.2) is 24.3 Å². The molecule has 6 nitrogen and oxygen atoms in total. The second kappa shape index (κ2) is 8.03. The van der Waals surface area contributed by atoms with Crippen molar-refractivity contribution in [1.29, 1.82) is 0 Å². The molecule has 1 aliphatic heterocycles. The minimum atomic E-state index is -0.382. The number of nitrogens with one attached hydrogen (secondary N) is 2. The zero-order chi connectivity index (χ0) is 19.4. The van der Waals surface area contributed by atoms with Crippen molar-refractivity contribution in [2.75, 3.05) is 16.8 Å². The van der Waals surface area contributed by atoms with Crippen LogP contribution in [0, 0.1) is 12.8 Å². The Bertz CT molecular complexity index is 861. The summed E-state index contributed by atoms with van der Waals surface area (Å²) in [4.78, 5) is 37.7. The van der Waals surface area contributed by atoms with Gasteiger partial charge in [-0.3, -0.25) is 14.4 Å². The molecule has 3 rings (SSSR count). The van der Waals surface area contributed by atoms with Gasteiger partial charge in [-0.25, -0.2) is 0 Å². The molecule has 0 aromatic heterocycles. The molecular weight excluding hydrogens is 342 g/mol. The van der Waals surface area contributed by atoms with Crippen molar-refractivity contribution in [3.05, 3.63) is 59.7 Å². The van der Waals surface area contributed by atoms with Gasteiger partial charge in [0, 0.05) is 37.8 Å². The second-order valence-corrected chi connectivity index (χ2v) is 6.84.